The van der Waals surface area contributed by atoms with Gasteiger partial charge in [-0.3, -0.25) is 4.79 Å². The zero-order chi connectivity index (χ0) is 19.6. The van der Waals surface area contributed by atoms with Crippen LogP contribution in [-0.4, -0.2) is 25.3 Å². The summed E-state index contributed by atoms with van der Waals surface area (Å²) in [5.41, 5.74) is 3.95. The zero-order valence-electron chi connectivity index (χ0n) is 14.7. The monoisotopic (exact) mass is 404 g/mol. The van der Waals surface area contributed by atoms with Crippen LogP contribution >= 0.6 is 23.2 Å². The maximum Gasteiger partial charge on any atom is 0.244 e. The van der Waals surface area contributed by atoms with Gasteiger partial charge in [-0.15, -0.1) is 6.42 Å². The van der Waals surface area contributed by atoms with E-state index < -0.39 is 0 Å². The van der Waals surface area contributed by atoms with E-state index in [1.54, 1.807) is 36.4 Å². The second-order valence-corrected chi connectivity index (χ2v) is 6.20. The van der Waals surface area contributed by atoms with Gasteiger partial charge in [-0.25, -0.2) is 5.43 Å². The summed E-state index contributed by atoms with van der Waals surface area (Å²) in [5.74, 6) is 2.96. The number of nitrogens with one attached hydrogen (secondary N) is 1. The van der Waals surface area contributed by atoms with Gasteiger partial charge in [0.1, 0.15) is 6.61 Å². The third-order valence-electron chi connectivity index (χ3n) is 3.31. The standard InChI is InChI=1S/C20H18Cl2N2O3/c1-3-9-27-20-17(22)10-15(11-18(20)26-4-2)13-23-24-19(25)12-14-5-7-16(21)8-6-14/h1,5-8,10-11,13H,4,9,12H2,2H3,(H,24,25)/b23-13-. The fourth-order valence-electron chi connectivity index (χ4n) is 2.19. The summed E-state index contributed by atoms with van der Waals surface area (Å²) in [7, 11) is 0. The Bertz CT molecular complexity index is 859. The van der Waals surface area contributed by atoms with Crippen molar-refractivity contribution in [2.24, 2.45) is 5.10 Å². The molecular weight excluding hydrogens is 387 g/mol. The number of rotatable bonds is 8. The molecule has 0 unspecified atom stereocenters. The van der Waals surface area contributed by atoms with Crippen molar-refractivity contribution in [1.29, 1.82) is 0 Å². The van der Waals surface area contributed by atoms with Crippen LogP contribution in [0.4, 0.5) is 0 Å². The van der Waals surface area contributed by atoms with E-state index in [1.807, 2.05) is 6.92 Å². The Morgan fingerprint density at radius 3 is 2.67 bits per heavy atom. The van der Waals surface area contributed by atoms with E-state index in [1.165, 1.54) is 6.21 Å². The third-order valence-corrected chi connectivity index (χ3v) is 3.85. The molecule has 0 bridgehead atoms. The van der Waals surface area contributed by atoms with E-state index in [9.17, 15) is 4.79 Å². The number of amides is 1. The van der Waals surface area contributed by atoms with Crippen molar-refractivity contribution in [3.05, 3.63) is 57.6 Å². The Kier molecular flexibility index (Phi) is 8.00. The highest BCUT2D eigenvalue weighted by Crippen LogP contribution is 2.36. The van der Waals surface area contributed by atoms with Crippen LogP contribution in [0.5, 0.6) is 11.5 Å². The topological polar surface area (TPSA) is 59.9 Å². The Morgan fingerprint density at radius 1 is 1.26 bits per heavy atom. The van der Waals surface area contributed by atoms with Crippen LogP contribution in [0, 0.1) is 12.3 Å². The molecule has 0 atom stereocenters. The van der Waals surface area contributed by atoms with Crippen LogP contribution in [0.1, 0.15) is 18.1 Å². The summed E-state index contributed by atoms with van der Waals surface area (Å²) >= 11 is 12.1. The number of carbonyl (C=O) groups excluding carboxylic acids is 1. The molecule has 0 radical (unpaired) electrons. The van der Waals surface area contributed by atoms with Crippen LogP contribution < -0.4 is 14.9 Å². The predicted octanol–water partition coefficient (Wildman–Crippen LogP) is 4.10. The van der Waals surface area contributed by atoms with Gasteiger partial charge in [0.25, 0.3) is 0 Å². The number of benzene rings is 2. The predicted molar refractivity (Wildman–Crippen MR) is 108 cm³/mol. The number of hydrazone groups is 1. The van der Waals surface area contributed by atoms with Crippen molar-refractivity contribution in [3.8, 4) is 23.8 Å². The van der Waals surface area contributed by atoms with Crippen LogP contribution in [0.2, 0.25) is 10.0 Å². The first-order valence-corrected chi connectivity index (χ1v) is 8.88. The number of halogens is 2. The molecule has 0 heterocycles. The average molecular weight is 405 g/mol. The quantitative estimate of drug-likeness (QED) is 0.409. The SMILES string of the molecule is C#CCOc1c(Cl)cc(/C=N\NC(=O)Cc2ccc(Cl)cc2)cc1OCC. The molecule has 0 aliphatic carbocycles. The van der Waals surface area contributed by atoms with Crippen molar-refractivity contribution < 1.29 is 14.3 Å². The normalized spacial score (nSPS) is 10.4. The summed E-state index contributed by atoms with van der Waals surface area (Å²) in [6, 6.07) is 10.4. The Labute approximate surface area is 168 Å². The Hall–Kier alpha value is -2.68. The second kappa shape index (κ2) is 10.5. The van der Waals surface area contributed by atoms with Crippen LogP contribution in [0.25, 0.3) is 0 Å². The van der Waals surface area contributed by atoms with Gasteiger partial charge in [0, 0.05) is 5.02 Å². The molecule has 0 fully saturated rings. The minimum absolute atomic E-state index is 0.0774. The third kappa shape index (κ3) is 6.52. The lowest BCUT2D eigenvalue weighted by Gasteiger charge is -2.12. The molecule has 7 heteroatoms. The number of terminal acetylenes is 1. The molecule has 0 aromatic heterocycles. The van der Waals surface area contributed by atoms with Gasteiger partial charge in [0.15, 0.2) is 11.5 Å². The fraction of sp³-hybridized carbons (Fsp3) is 0.200. The maximum absolute atomic E-state index is 11.9. The Morgan fingerprint density at radius 2 is 2.00 bits per heavy atom. The molecule has 27 heavy (non-hydrogen) atoms. The minimum Gasteiger partial charge on any atom is -0.490 e. The van der Waals surface area contributed by atoms with E-state index in [0.717, 1.165) is 5.56 Å². The summed E-state index contributed by atoms with van der Waals surface area (Å²) in [5, 5.41) is 4.91. The molecule has 0 spiro atoms. The van der Waals surface area contributed by atoms with Gasteiger partial charge >= 0.3 is 0 Å². The molecule has 1 amide bonds. The highest BCUT2D eigenvalue weighted by molar-refractivity contribution is 6.32. The lowest BCUT2D eigenvalue weighted by molar-refractivity contribution is -0.120. The lowest BCUT2D eigenvalue weighted by atomic mass is 10.1. The number of nitrogens with zero attached hydrogens (tertiary/aromatic N) is 1. The molecule has 1 N–H and O–H groups in total. The van der Waals surface area contributed by atoms with E-state index in [2.05, 4.69) is 16.4 Å². The molecule has 0 aliphatic heterocycles. The van der Waals surface area contributed by atoms with Gasteiger partial charge in [0.05, 0.1) is 24.3 Å². The maximum atomic E-state index is 11.9. The van der Waals surface area contributed by atoms with E-state index in [0.29, 0.717) is 33.7 Å². The summed E-state index contributed by atoms with van der Waals surface area (Å²) < 4.78 is 11.0. The van der Waals surface area contributed by atoms with Crippen molar-refractivity contribution in [2.45, 2.75) is 13.3 Å². The van der Waals surface area contributed by atoms with Gasteiger partial charge in [-0.1, -0.05) is 41.3 Å². The molecule has 140 valence electrons. The molecule has 0 aliphatic rings. The van der Waals surface area contributed by atoms with Gasteiger partial charge in [-0.2, -0.15) is 5.10 Å². The first-order valence-electron chi connectivity index (χ1n) is 8.12. The largest absolute Gasteiger partial charge is 0.490 e. The zero-order valence-corrected chi connectivity index (χ0v) is 16.2. The molecule has 2 rings (SSSR count). The van der Waals surface area contributed by atoms with Crippen molar-refractivity contribution in [2.75, 3.05) is 13.2 Å². The molecule has 2 aromatic rings. The molecular formula is C20H18Cl2N2O3. The van der Waals surface area contributed by atoms with Crippen LogP contribution in [0.15, 0.2) is 41.5 Å². The Balaban J connectivity index is 2.03. The second-order valence-electron chi connectivity index (χ2n) is 5.35. The average Bonchev–Trinajstić information content (AvgIpc) is 2.63. The molecule has 2 aromatic carbocycles. The fourth-order valence-corrected chi connectivity index (χ4v) is 2.58. The molecule has 0 saturated carbocycles. The summed E-state index contributed by atoms with van der Waals surface area (Å²) in [6.07, 6.45) is 6.87. The van der Waals surface area contributed by atoms with E-state index in [4.69, 9.17) is 39.1 Å². The van der Waals surface area contributed by atoms with Crippen LogP contribution in [-0.2, 0) is 11.2 Å². The summed E-state index contributed by atoms with van der Waals surface area (Å²) in [4.78, 5) is 11.9. The van der Waals surface area contributed by atoms with E-state index >= 15 is 0 Å². The van der Waals surface area contributed by atoms with Gasteiger partial charge in [0.2, 0.25) is 5.91 Å². The first kappa shape index (κ1) is 20.6. The highest BCUT2D eigenvalue weighted by Gasteiger charge is 2.12. The molecule has 5 nitrogen and oxygen atoms in total. The highest BCUT2D eigenvalue weighted by atomic mass is 35.5. The lowest BCUT2D eigenvalue weighted by Crippen LogP contribution is -2.19. The van der Waals surface area contributed by atoms with Gasteiger partial charge < -0.3 is 9.47 Å². The van der Waals surface area contributed by atoms with Crippen LogP contribution in [0.3, 0.4) is 0 Å². The number of ether oxygens (including phenoxy) is 2. The van der Waals surface area contributed by atoms with Crippen molar-refractivity contribution >= 4 is 35.3 Å². The number of hydrogen-bond acceptors (Lipinski definition) is 4. The minimum atomic E-state index is -0.251. The molecule has 0 saturated heterocycles. The number of hydrogen-bond donors (Lipinski definition) is 1. The van der Waals surface area contributed by atoms with Crippen molar-refractivity contribution in [3.63, 3.8) is 0 Å². The summed E-state index contributed by atoms with van der Waals surface area (Å²) in [6.45, 7) is 2.35. The smallest absolute Gasteiger partial charge is 0.244 e. The first-order chi connectivity index (χ1) is 13.0. The number of carbonyl (C=O) groups is 1. The van der Waals surface area contributed by atoms with Gasteiger partial charge in [-0.05, 0) is 42.3 Å². The van der Waals surface area contributed by atoms with Crippen molar-refractivity contribution in [1.82, 2.24) is 5.43 Å². The van der Waals surface area contributed by atoms with E-state index in [-0.39, 0.29) is 18.9 Å².